The monoisotopic (exact) mass is 392 g/mol. The Balaban J connectivity index is 2.55. The van der Waals surface area contributed by atoms with Gasteiger partial charge < -0.3 is 15.4 Å². The summed E-state index contributed by atoms with van der Waals surface area (Å²) in [4.78, 5) is 24.1. The molecule has 2 rings (SSSR count). The third-order valence-corrected chi connectivity index (χ3v) is 3.13. The fourth-order valence-corrected chi connectivity index (χ4v) is 1.97. The Morgan fingerprint density at radius 3 is 2.65 bits per heavy atom. The molecule has 104 valence electrons. The van der Waals surface area contributed by atoms with Gasteiger partial charge >= 0.3 is 5.97 Å². The zero-order valence-electron chi connectivity index (χ0n) is 9.71. The molecule has 1 heterocycles. The zero-order valence-corrected chi connectivity index (χ0v) is 11.9. The van der Waals surface area contributed by atoms with Crippen molar-refractivity contribution < 1.29 is 18.7 Å². The van der Waals surface area contributed by atoms with Crippen LogP contribution in [0.5, 0.6) is 0 Å². The van der Waals surface area contributed by atoms with E-state index in [1.807, 2.05) is 27.6 Å². The lowest BCUT2D eigenvalue weighted by atomic mass is 10.2. The van der Waals surface area contributed by atoms with E-state index in [0.717, 1.165) is 6.20 Å². The molecule has 8 heteroatoms. The number of hydrogen-bond acceptors (Lipinski definition) is 3. The van der Waals surface area contributed by atoms with Crippen LogP contribution >= 0.6 is 22.6 Å². The van der Waals surface area contributed by atoms with Crippen LogP contribution in [0.2, 0.25) is 0 Å². The van der Waals surface area contributed by atoms with E-state index in [0.29, 0.717) is 3.57 Å². The molecule has 0 aliphatic carbocycles. The van der Waals surface area contributed by atoms with Gasteiger partial charge in [0.2, 0.25) is 5.82 Å². The van der Waals surface area contributed by atoms with Crippen LogP contribution in [0.3, 0.4) is 0 Å². The van der Waals surface area contributed by atoms with Crippen molar-refractivity contribution in [1.29, 1.82) is 0 Å². The largest absolute Gasteiger partial charge is 0.478 e. The van der Waals surface area contributed by atoms with E-state index in [9.17, 15) is 18.4 Å². The van der Waals surface area contributed by atoms with Crippen molar-refractivity contribution in [2.75, 3.05) is 5.32 Å². The number of aromatic nitrogens is 1. The Hall–Kier alpha value is -1.97. The SMILES string of the molecule is O=C(O)c1c[nH]c(=O)c(F)c1Nc1ccc(I)cc1F. The molecule has 20 heavy (non-hydrogen) atoms. The fraction of sp³-hybridized carbons (Fsp3) is 0. The molecular formula is C12H7F2IN2O3. The van der Waals surface area contributed by atoms with Crippen molar-refractivity contribution in [3.8, 4) is 0 Å². The molecule has 0 bridgehead atoms. The van der Waals surface area contributed by atoms with Crippen LogP contribution in [-0.2, 0) is 0 Å². The number of aromatic carboxylic acids is 1. The van der Waals surface area contributed by atoms with Crippen molar-refractivity contribution in [1.82, 2.24) is 4.98 Å². The number of nitrogens with one attached hydrogen (secondary N) is 2. The summed E-state index contributed by atoms with van der Waals surface area (Å²) in [6.07, 6.45) is 0.848. The van der Waals surface area contributed by atoms with Gasteiger partial charge in [-0.1, -0.05) is 0 Å². The number of halogens is 3. The summed E-state index contributed by atoms with van der Waals surface area (Å²) in [7, 11) is 0. The highest BCUT2D eigenvalue weighted by atomic mass is 127. The molecule has 1 aromatic carbocycles. The molecule has 0 fully saturated rings. The Labute approximate surface area is 124 Å². The number of carboxylic acids is 1. The molecule has 3 N–H and O–H groups in total. The van der Waals surface area contributed by atoms with E-state index in [4.69, 9.17) is 5.11 Å². The molecule has 0 saturated carbocycles. The third-order valence-electron chi connectivity index (χ3n) is 2.46. The summed E-state index contributed by atoms with van der Waals surface area (Å²) in [5, 5.41) is 11.3. The minimum absolute atomic E-state index is 0.127. The van der Waals surface area contributed by atoms with Crippen LogP contribution in [-0.4, -0.2) is 16.1 Å². The van der Waals surface area contributed by atoms with Gasteiger partial charge in [0.15, 0.2) is 0 Å². The van der Waals surface area contributed by atoms with Gasteiger partial charge in [-0.3, -0.25) is 4.79 Å². The number of carboxylic acid groups (broad SMARTS) is 1. The average Bonchev–Trinajstić information content (AvgIpc) is 2.37. The number of aromatic amines is 1. The molecule has 0 spiro atoms. The molecule has 0 radical (unpaired) electrons. The van der Waals surface area contributed by atoms with Gasteiger partial charge in [0.25, 0.3) is 5.56 Å². The lowest BCUT2D eigenvalue weighted by Gasteiger charge is -2.11. The molecule has 0 saturated heterocycles. The van der Waals surface area contributed by atoms with Gasteiger partial charge in [0.1, 0.15) is 11.4 Å². The predicted octanol–water partition coefficient (Wildman–Crippen LogP) is 2.70. The fourth-order valence-electron chi connectivity index (χ4n) is 1.52. The number of benzene rings is 1. The maximum absolute atomic E-state index is 13.7. The minimum atomic E-state index is -1.45. The van der Waals surface area contributed by atoms with Crippen LogP contribution in [0.1, 0.15) is 10.4 Å². The van der Waals surface area contributed by atoms with Crippen LogP contribution in [0.25, 0.3) is 0 Å². The van der Waals surface area contributed by atoms with E-state index in [1.54, 1.807) is 6.07 Å². The summed E-state index contributed by atoms with van der Waals surface area (Å²) in [6.45, 7) is 0. The highest BCUT2D eigenvalue weighted by Crippen LogP contribution is 2.25. The molecule has 1 aromatic heterocycles. The summed E-state index contributed by atoms with van der Waals surface area (Å²) in [6, 6.07) is 4.06. The zero-order chi connectivity index (χ0) is 14.9. The first kappa shape index (κ1) is 14.4. The third kappa shape index (κ3) is 2.79. The van der Waals surface area contributed by atoms with Gasteiger partial charge in [0, 0.05) is 9.77 Å². The molecule has 0 aliphatic rings. The Morgan fingerprint density at radius 2 is 2.05 bits per heavy atom. The van der Waals surface area contributed by atoms with Crippen LogP contribution in [0, 0.1) is 15.2 Å². The number of hydrogen-bond donors (Lipinski definition) is 3. The number of anilines is 2. The molecule has 2 aromatic rings. The lowest BCUT2D eigenvalue weighted by Crippen LogP contribution is -2.17. The van der Waals surface area contributed by atoms with Gasteiger partial charge in [-0.05, 0) is 40.8 Å². The topological polar surface area (TPSA) is 82.2 Å². The van der Waals surface area contributed by atoms with Crippen molar-refractivity contribution in [3.63, 3.8) is 0 Å². The maximum atomic E-state index is 13.7. The van der Waals surface area contributed by atoms with Crippen molar-refractivity contribution in [3.05, 3.63) is 55.5 Å². The second kappa shape index (κ2) is 5.57. The number of rotatable bonds is 3. The number of carbonyl (C=O) groups is 1. The summed E-state index contributed by atoms with van der Waals surface area (Å²) < 4.78 is 28.0. The standard InChI is InChI=1S/C12H7F2IN2O3/c13-7-3-5(15)1-2-8(7)17-10-6(12(19)20)4-16-11(18)9(10)14/h1-4H,(H,19,20)(H2,16,17,18). The molecule has 0 amide bonds. The summed E-state index contributed by atoms with van der Waals surface area (Å²) in [5.41, 5.74) is -2.30. The van der Waals surface area contributed by atoms with Crippen LogP contribution in [0.15, 0.2) is 29.2 Å². The first-order valence-corrected chi connectivity index (χ1v) is 6.34. The van der Waals surface area contributed by atoms with Crippen molar-refractivity contribution in [2.24, 2.45) is 0 Å². The van der Waals surface area contributed by atoms with E-state index < -0.39 is 34.4 Å². The second-order valence-electron chi connectivity index (χ2n) is 3.77. The van der Waals surface area contributed by atoms with Crippen molar-refractivity contribution in [2.45, 2.75) is 0 Å². The summed E-state index contributed by atoms with van der Waals surface area (Å²) >= 11 is 1.89. The summed E-state index contributed by atoms with van der Waals surface area (Å²) in [5.74, 6) is -3.45. The van der Waals surface area contributed by atoms with Crippen LogP contribution in [0.4, 0.5) is 20.2 Å². The Morgan fingerprint density at radius 1 is 1.35 bits per heavy atom. The second-order valence-corrected chi connectivity index (χ2v) is 5.02. The van der Waals surface area contributed by atoms with E-state index in [-0.39, 0.29) is 5.69 Å². The lowest BCUT2D eigenvalue weighted by molar-refractivity contribution is 0.0697. The highest BCUT2D eigenvalue weighted by Gasteiger charge is 2.18. The smallest absolute Gasteiger partial charge is 0.339 e. The predicted molar refractivity (Wildman–Crippen MR) is 76.4 cm³/mol. The average molecular weight is 392 g/mol. The highest BCUT2D eigenvalue weighted by molar-refractivity contribution is 14.1. The number of pyridine rings is 1. The van der Waals surface area contributed by atoms with Gasteiger partial charge in [-0.25, -0.2) is 9.18 Å². The van der Waals surface area contributed by atoms with E-state index >= 15 is 0 Å². The quantitative estimate of drug-likeness (QED) is 0.702. The normalized spacial score (nSPS) is 10.3. The molecule has 0 unspecified atom stereocenters. The number of H-pyrrole nitrogens is 1. The molecular weight excluding hydrogens is 385 g/mol. The van der Waals surface area contributed by atoms with Gasteiger partial charge in [-0.2, -0.15) is 4.39 Å². The Kier molecular flexibility index (Phi) is 4.02. The van der Waals surface area contributed by atoms with Crippen LogP contribution < -0.4 is 10.9 Å². The van der Waals surface area contributed by atoms with Gasteiger partial charge in [-0.15, -0.1) is 0 Å². The first-order valence-electron chi connectivity index (χ1n) is 5.26. The molecule has 0 atom stereocenters. The van der Waals surface area contributed by atoms with Gasteiger partial charge in [0.05, 0.1) is 11.4 Å². The van der Waals surface area contributed by atoms with E-state index in [1.165, 1.54) is 12.1 Å². The first-order chi connectivity index (χ1) is 9.40. The van der Waals surface area contributed by atoms with Crippen molar-refractivity contribution >= 4 is 39.9 Å². The maximum Gasteiger partial charge on any atom is 0.339 e. The Bertz CT molecular complexity index is 746. The van der Waals surface area contributed by atoms with E-state index in [2.05, 4.69) is 5.32 Å². The minimum Gasteiger partial charge on any atom is -0.478 e. The molecule has 5 nitrogen and oxygen atoms in total. The molecule has 0 aliphatic heterocycles.